The second-order valence-electron chi connectivity index (χ2n) is 5.19. The molecule has 0 aromatic heterocycles. The molecule has 0 radical (unpaired) electrons. The Morgan fingerprint density at radius 2 is 1.87 bits per heavy atom. The van der Waals surface area contributed by atoms with E-state index in [2.05, 4.69) is 4.74 Å². The summed E-state index contributed by atoms with van der Waals surface area (Å²) in [4.78, 5) is 11.4. The van der Waals surface area contributed by atoms with Crippen molar-refractivity contribution in [2.24, 2.45) is 0 Å². The minimum absolute atomic E-state index is 0.278. The second-order valence-corrected chi connectivity index (χ2v) is 5.19. The van der Waals surface area contributed by atoms with Crippen molar-refractivity contribution < 1.29 is 23.7 Å². The number of esters is 1. The lowest BCUT2D eigenvalue weighted by atomic mass is 10.1. The molecule has 0 N–H and O–H groups in total. The Kier molecular flexibility index (Phi) is 4.48. The quantitative estimate of drug-likeness (QED) is 0.606. The number of hydrogen-bond acceptors (Lipinski definition) is 5. The third kappa shape index (κ3) is 3.46. The highest BCUT2D eigenvalue weighted by atomic mass is 16.6. The Hall–Kier alpha value is -2.53. The van der Waals surface area contributed by atoms with E-state index in [0.717, 1.165) is 11.1 Å². The van der Waals surface area contributed by atoms with Gasteiger partial charge in [-0.05, 0) is 23.3 Å². The molecule has 2 aromatic carbocycles. The molecule has 2 atom stereocenters. The molecule has 2 aromatic rings. The van der Waals surface area contributed by atoms with Crippen molar-refractivity contribution in [2.45, 2.75) is 18.8 Å². The van der Waals surface area contributed by atoms with Crippen LogP contribution in [0.1, 0.15) is 17.2 Å². The van der Waals surface area contributed by atoms with Crippen LogP contribution in [0.25, 0.3) is 0 Å². The van der Waals surface area contributed by atoms with E-state index < -0.39 is 6.10 Å². The summed E-state index contributed by atoms with van der Waals surface area (Å²) in [6, 6.07) is 15.4. The molecule has 2 unspecified atom stereocenters. The maximum Gasteiger partial charge on any atom is 0.338 e. The van der Waals surface area contributed by atoms with Gasteiger partial charge in [0, 0.05) is 0 Å². The summed E-state index contributed by atoms with van der Waals surface area (Å²) in [6.45, 7) is 0.460. The van der Waals surface area contributed by atoms with Crippen LogP contribution in [0, 0.1) is 0 Å². The van der Waals surface area contributed by atoms with Crippen molar-refractivity contribution in [3.8, 4) is 11.5 Å². The van der Waals surface area contributed by atoms with Crippen LogP contribution >= 0.6 is 0 Å². The highest BCUT2D eigenvalue weighted by molar-refractivity contribution is 5.78. The molecule has 3 rings (SSSR count). The molecule has 5 nitrogen and oxygen atoms in total. The van der Waals surface area contributed by atoms with Crippen LogP contribution in [0.2, 0.25) is 0 Å². The number of carbonyl (C=O) groups excluding carboxylic acids is 1. The average molecular weight is 314 g/mol. The van der Waals surface area contributed by atoms with Gasteiger partial charge in [-0.2, -0.15) is 0 Å². The Morgan fingerprint density at radius 3 is 2.57 bits per heavy atom. The first-order chi connectivity index (χ1) is 11.2. The van der Waals surface area contributed by atoms with Crippen LogP contribution in [-0.2, 0) is 20.9 Å². The lowest BCUT2D eigenvalue weighted by molar-refractivity contribution is -0.142. The maximum atomic E-state index is 11.4. The summed E-state index contributed by atoms with van der Waals surface area (Å²) in [7, 11) is 2.93. The van der Waals surface area contributed by atoms with Crippen LogP contribution in [0.4, 0.5) is 0 Å². The van der Waals surface area contributed by atoms with Gasteiger partial charge >= 0.3 is 5.97 Å². The van der Waals surface area contributed by atoms with Crippen LogP contribution in [0.3, 0.4) is 0 Å². The number of ether oxygens (including phenoxy) is 4. The lowest BCUT2D eigenvalue weighted by Crippen LogP contribution is -2.09. The molecule has 1 fully saturated rings. The topological polar surface area (TPSA) is 57.3 Å². The fourth-order valence-corrected chi connectivity index (χ4v) is 2.38. The molecule has 23 heavy (non-hydrogen) atoms. The van der Waals surface area contributed by atoms with E-state index in [1.807, 2.05) is 48.5 Å². The highest BCUT2D eigenvalue weighted by Crippen LogP contribution is 2.42. The monoisotopic (exact) mass is 314 g/mol. The van der Waals surface area contributed by atoms with Gasteiger partial charge in [0.1, 0.15) is 12.7 Å². The third-order valence-electron chi connectivity index (χ3n) is 3.68. The number of hydrogen-bond donors (Lipinski definition) is 0. The summed E-state index contributed by atoms with van der Waals surface area (Å²) in [5.41, 5.74) is 1.94. The normalized spacial score (nSPS) is 19.0. The number of carbonyl (C=O) groups is 1. The van der Waals surface area contributed by atoms with E-state index in [0.29, 0.717) is 18.1 Å². The number of epoxide rings is 1. The van der Waals surface area contributed by atoms with Crippen molar-refractivity contribution in [2.75, 3.05) is 14.2 Å². The average Bonchev–Trinajstić information content (AvgIpc) is 3.40. The summed E-state index contributed by atoms with van der Waals surface area (Å²) >= 11 is 0. The Bertz CT molecular complexity index is 683. The zero-order valence-electron chi connectivity index (χ0n) is 13.0. The first-order valence-electron chi connectivity index (χ1n) is 7.31. The Labute approximate surface area is 134 Å². The number of rotatable bonds is 6. The van der Waals surface area contributed by atoms with Gasteiger partial charge in [0.25, 0.3) is 0 Å². The summed E-state index contributed by atoms with van der Waals surface area (Å²) < 4.78 is 21.2. The fraction of sp³-hybridized carbons (Fsp3) is 0.278. The van der Waals surface area contributed by atoms with Crippen molar-refractivity contribution in [1.82, 2.24) is 0 Å². The van der Waals surface area contributed by atoms with Crippen LogP contribution in [0.15, 0.2) is 48.5 Å². The molecule has 1 aliphatic heterocycles. The molecule has 5 heteroatoms. The van der Waals surface area contributed by atoms with Crippen LogP contribution in [0.5, 0.6) is 11.5 Å². The fourth-order valence-electron chi connectivity index (χ4n) is 2.38. The SMILES string of the molecule is COC(=O)C1OC1c1ccc(OCc2ccccc2)c(OC)c1. The second kappa shape index (κ2) is 6.71. The molecular formula is C18H18O5. The van der Waals surface area contributed by atoms with Crippen molar-refractivity contribution in [3.63, 3.8) is 0 Å². The van der Waals surface area contributed by atoms with E-state index in [1.165, 1.54) is 7.11 Å². The van der Waals surface area contributed by atoms with Crippen LogP contribution < -0.4 is 9.47 Å². The van der Waals surface area contributed by atoms with E-state index in [1.54, 1.807) is 7.11 Å². The number of methoxy groups -OCH3 is 2. The van der Waals surface area contributed by atoms with E-state index >= 15 is 0 Å². The van der Waals surface area contributed by atoms with Gasteiger partial charge in [0.05, 0.1) is 14.2 Å². The van der Waals surface area contributed by atoms with Gasteiger partial charge in [-0.3, -0.25) is 0 Å². The van der Waals surface area contributed by atoms with Gasteiger partial charge < -0.3 is 18.9 Å². The lowest BCUT2D eigenvalue weighted by Gasteiger charge is -2.11. The zero-order valence-corrected chi connectivity index (χ0v) is 13.0. The summed E-state index contributed by atoms with van der Waals surface area (Å²) in [6.07, 6.45) is -0.805. The Morgan fingerprint density at radius 1 is 1.09 bits per heavy atom. The molecule has 0 bridgehead atoms. The van der Waals surface area contributed by atoms with Gasteiger partial charge in [-0.25, -0.2) is 4.79 Å². The maximum absolute atomic E-state index is 11.4. The zero-order chi connectivity index (χ0) is 16.2. The summed E-state index contributed by atoms with van der Waals surface area (Å²) in [5.74, 6) is 0.895. The predicted octanol–water partition coefficient (Wildman–Crippen LogP) is 2.89. The third-order valence-corrected chi connectivity index (χ3v) is 3.68. The van der Waals surface area contributed by atoms with Gasteiger partial charge in [-0.15, -0.1) is 0 Å². The smallest absolute Gasteiger partial charge is 0.338 e. The summed E-state index contributed by atoms with van der Waals surface area (Å²) in [5, 5.41) is 0. The van der Waals surface area contributed by atoms with Gasteiger partial charge in [-0.1, -0.05) is 36.4 Å². The molecule has 1 aliphatic rings. The van der Waals surface area contributed by atoms with Crippen LogP contribution in [-0.4, -0.2) is 26.3 Å². The molecule has 0 aliphatic carbocycles. The molecule has 120 valence electrons. The predicted molar refractivity (Wildman–Crippen MR) is 83.4 cm³/mol. The largest absolute Gasteiger partial charge is 0.493 e. The van der Waals surface area contributed by atoms with Gasteiger partial charge in [0.2, 0.25) is 0 Å². The van der Waals surface area contributed by atoms with Gasteiger partial charge in [0.15, 0.2) is 17.6 Å². The van der Waals surface area contributed by atoms with Crippen molar-refractivity contribution >= 4 is 5.97 Å². The molecule has 1 heterocycles. The first-order valence-corrected chi connectivity index (χ1v) is 7.31. The molecule has 1 saturated heterocycles. The molecule has 0 amide bonds. The Balaban J connectivity index is 1.69. The van der Waals surface area contributed by atoms with E-state index in [-0.39, 0.29) is 12.1 Å². The van der Waals surface area contributed by atoms with Crippen molar-refractivity contribution in [1.29, 1.82) is 0 Å². The molecular weight excluding hydrogens is 296 g/mol. The minimum Gasteiger partial charge on any atom is -0.493 e. The van der Waals surface area contributed by atoms with Crippen molar-refractivity contribution in [3.05, 3.63) is 59.7 Å². The minimum atomic E-state index is -0.527. The number of benzene rings is 2. The molecule has 0 spiro atoms. The van der Waals surface area contributed by atoms with E-state index in [4.69, 9.17) is 14.2 Å². The van der Waals surface area contributed by atoms with E-state index in [9.17, 15) is 4.79 Å². The first kappa shape index (κ1) is 15.4. The molecule has 0 saturated carbocycles. The highest BCUT2D eigenvalue weighted by Gasteiger charge is 2.47. The standard InChI is InChI=1S/C18H18O5/c1-20-15-10-13(16-17(23-16)18(19)21-2)8-9-14(15)22-11-12-6-4-3-5-7-12/h3-10,16-17H,11H2,1-2H3.